The van der Waals surface area contributed by atoms with Crippen LogP contribution in [0.25, 0.3) is 0 Å². The summed E-state index contributed by atoms with van der Waals surface area (Å²) >= 11 is 1.54. The molecule has 5 nitrogen and oxygen atoms in total. The van der Waals surface area contributed by atoms with Crippen LogP contribution in [0.3, 0.4) is 0 Å². The lowest BCUT2D eigenvalue weighted by Gasteiger charge is -2.49. The van der Waals surface area contributed by atoms with Gasteiger partial charge < -0.3 is 14.6 Å². The zero-order valence-electron chi connectivity index (χ0n) is 23.6. The largest absolute Gasteiger partial charge is 0.393 e. The van der Waals surface area contributed by atoms with E-state index in [9.17, 15) is 14.7 Å². The van der Waals surface area contributed by atoms with Gasteiger partial charge in [-0.05, 0) is 76.0 Å². The zero-order chi connectivity index (χ0) is 27.0. The van der Waals surface area contributed by atoms with Crippen LogP contribution in [-0.4, -0.2) is 52.8 Å². The summed E-state index contributed by atoms with van der Waals surface area (Å²) in [5.41, 5.74) is -0.990. The van der Waals surface area contributed by atoms with E-state index in [0.29, 0.717) is 18.1 Å². The second-order valence-electron chi connectivity index (χ2n) is 12.8. The Labute approximate surface area is 228 Å². The van der Waals surface area contributed by atoms with E-state index >= 15 is 0 Å². The molecule has 4 aliphatic rings. The van der Waals surface area contributed by atoms with Crippen molar-refractivity contribution in [2.45, 2.75) is 116 Å². The molecular formula is C31H48O5S. The van der Waals surface area contributed by atoms with Crippen LogP contribution in [0, 0.1) is 28.6 Å². The number of Topliss-reactive ketones (excluding diaryl/α,β-unsaturated/α-hetero) is 1. The number of carbonyl (C=O) groups is 2. The summed E-state index contributed by atoms with van der Waals surface area (Å²) < 4.78 is 13.5. The Kier molecular flexibility index (Phi) is 8.85. The Morgan fingerprint density at radius 1 is 1.19 bits per heavy atom. The number of ether oxygens (including phenoxy) is 2. The maximum atomic E-state index is 14.0. The van der Waals surface area contributed by atoms with Gasteiger partial charge in [0.2, 0.25) is 0 Å². The number of hydrogen-bond donors (Lipinski definition) is 1. The lowest BCUT2D eigenvalue weighted by atomic mass is 9.58. The number of thioether (sulfide) groups is 1. The normalized spacial score (nSPS) is 41.7. The molecule has 0 aromatic heterocycles. The molecule has 1 aliphatic heterocycles. The van der Waals surface area contributed by atoms with Crippen LogP contribution < -0.4 is 0 Å². The van der Waals surface area contributed by atoms with Crippen molar-refractivity contribution in [3.8, 4) is 0 Å². The quantitative estimate of drug-likeness (QED) is 0.278. The summed E-state index contributed by atoms with van der Waals surface area (Å²) in [7, 11) is 0. The monoisotopic (exact) mass is 532 g/mol. The van der Waals surface area contributed by atoms with Crippen LogP contribution in [0.4, 0.5) is 0 Å². The first-order valence-corrected chi connectivity index (χ1v) is 15.8. The smallest absolute Gasteiger partial charge is 0.177 e. The SMILES string of the molecule is C=C1CCC[C@H](C(O)CC2(C)[C@H](C)C[C@H]3O[C@@H](C4CCCCC4)O[C@]32C(=O)CSC)C1(C)/C=C\C(C)=O. The summed E-state index contributed by atoms with van der Waals surface area (Å²) in [6, 6.07) is 0. The molecule has 0 radical (unpaired) electrons. The Balaban J connectivity index is 1.66. The van der Waals surface area contributed by atoms with Gasteiger partial charge in [0.1, 0.15) is 0 Å². The molecule has 6 heteroatoms. The van der Waals surface area contributed by atoms with Gasteiger partial charge in [-0.1, -0.05) is 58.3 Å². The molecule has 4 rings (SSSR count). The van der Waals surface area contributed by atoms with E-state index in [1.54, 1.807) is 13.0 Å². The number of carbonyl (C=O) groups excluding carboxylic acids is 2. The van der Waals surface area contributed by atoms with Gasteiger partial charge in [-0.15, -0.1) is 0 Å². The van der Waals surface area contributed by atoms with Crippen LogP contribution in [0.1, 0.15) is 91.9 Å². The number of fused-ring (bicyclic) bond motifs is 1. The van der Waals surface area contributed by atoms with Gasteiger partial charge >= 0.3 is 0 Å². The Morgan fingerprint density at radius 3 is 2.54 bits per heavy atom. The molecule has 208 valence electrons. The highest BCUT2D eigenvalue weighted by atomic mass is 32.2. The van der Waals surface area contributed by atoms with Crippen molar-refractivity contribution in [1.29, 1.82) is 0 Å². The molecule has 3 unspecified atom stereocenters. The highest BCUT2D eigenvalue weighted by Gasteiger charge is 2.71. The summed E-state index contributed by atoms with van der Waals surface area (Å²) in [6.45, 7) is 12.4. The van der Waals surface area contributed by atoms with Crippen molar-refractivity contribution in [3.05, 3.63) is 24.3 Å². The summed E-state index contributed by atoms with van der Waals surface area (Å²) in [4.78, 5) is 25.8. The number of rotatable bonds is 9. The lowest BCUT2D eigenvalue weighted by molar-refractivity contribution is -0.185. The average Bonchev–Trinajstić information content (AvgIpc) is 3.34. The Hall–Kier alpha value is -0.950. The summed E-state index contributed by atoms with van der Waals surface area (Å²) in [5.74, 6) is 0.917. The highest BCUT2D eigenvalue weighted by Crippen LogP contribution is 2.62. The number of aliphatic hydroxyl groups excluding tert-OH is 1. The second kappa shape index (κ2) is 11.3. The van der Waals surface area contributed by atoms with Crippen molar-refractivity contribution in [2.24, 2.45) is 28.6 Å². The number of aliphatic hydroxyl groups is 1. The molecule has 37 heavy (non-hydrogen) atoms. The Morgan fingerprint density at radius 2 is 1.89 bits per heavy atom. The third-order valence-electron chi connectivity index (χ3n) is 10.6. The minimum atomic E-state index is -1.03. The van der Waals surface area contributed by atoms with Gasteiger partial charge in [0.25, 0.3) is 0 Å². The maximum Gasteiger partial charge on any atom is 0.177 e. The fraction of sp³-hybridized carbons (Fsp3) is 0.806. The van der Waals surface area contributed by atoms with Crippen molar-refractivity contribution < 1.29 is 24.2 Å². The average molecular weight is 533 g/mol. The third-order valence-corrected chi connectivity index (χ3v) is 11.1. The number of ketones is 2. The van der Waals surface area contributed by atoms with Gasteiger partial charge in [0.05, 0.1) is 18.0 Å². The molecule has 8 atom stereocenters. The first-order chi connectivity index (χ1) is 17.5. The van der Waals surface area contributed by atoms with E-state index in [4.69, 9.17) is 9.47 Å². The van der Waals surface area contributed by atoms with Gasteiger partial charge in [0, 0.05) is 16.7 Å². The van der Waals surface area contributed by atoms with Gasteiger partial charge in [-0.3, -0.25) is 9.59 Å². The van der Waals surface area contributed by atoms with E-state index in [0.717, 1.165) is 44.1 Å². The van der Waals surface area contributed by atoms with E-state index in [-0.39, 0.29) is 35.8 Å². The molecular weight excluding hydrogens is 484 g/mol. The molecule has 0 amide bonds. The topological polar surface area (TPSA) is 72.8 Å². The molecule has 3 aliphatic carbocycles. The van der Waals surface area contributed by atoms with E-state index < -0.39 is 22.5 Å². The molecule has 4 fully saturated rings. The van der Waals surface area contributed by atoms with Crippen LogP contribution in [0.2, 0.25) is 0 Å². The standard InChI is InChI=1S/C31H48O5S/c1-20-11-10-14-24(29(20,4)16-15-22(3)32)25(33)18-30(5)21(2)17-27-31(30,26(34)19-37-6)36-28(35-27)23-12-8-7-9-13-23/h15-16,21,23-25,27-28,33H,1,7-14,17-19H2,2-6H3/b16-15-/t21-,24-,25?,27-,28-,29?,30?,31-/m1/s1. The minimum absolute atomic E-state index is 0.000990. The van der Waals surface area contributed by atoms with Gasteiger partial charge in [0.15, 0.2) is 23.5 Å². The summed E-state index contributed by atoms with van der Waals surface area (Å²) in [5, 5.41) is 11.9. The zero-order valence-corrected chi connectivity index (χ0v) is 24.4. The fourth-order valence-electron chi connectivity index (χ4n) is 8.05. The molecule has 1 heterocycles. The van der Waals surface area contributed by atoms with E-state index in [1.165, 1.54) is 31.0 Å². The fourth-order valence-corrected chi connectivity index (χ4v) is 8.53. The van der Waals surface area contributed by atoms with Crippen molar-refractivity contribution in [1.82, 2.24) is 0 Å². The second-order valence-corrected chi connectivity index (χ2v) is 13.6. The van der Waals surface area contributed by atoms with Crippen molar-refractivity contribution in [3.63, 3.8) is 0 Å². The number of hydrogen-bond acceptors (Lipinski definition) is 6. The van der Waals surface area contributed by atoms with Crippen LogP contribution in [0.15, 0.2) is 24.3 Å². The van der Waals surface area contributed by atoms with Crippen LogP contribution in [-0.2, 0) is 19.1 Å². The first kappa shape index (κ1) is 29.0. The molecule has 0 spiro atoms. The highest BCUT2D eigenvalue weighted by molar-refractivity contribution is 7.99. The minimum Gasteiger partial charge on any atom is -0.393 e. The van der Waals surface area contributed by atoms with E-state index in [2.05, 4.69) is 27.4 Å². The molecule has 0 aromatic rings. The molecule has 3 saturated carbocycles. The molecule has 1 N–H and O–H groups in total. The van der Waals surface area contributed by atoms with Gasteiger partial charge in [-0.2, -0.15) is 11.8 Å². The van der Waals surface area contributed by atoms with Crippen LogP contribution in [0.5, 0.6) is 0 Å². The van der Waals surface area contributed by atoms with Gasteiger partial charge in [-0.25, -0.2) is 0 Å². The van der Waals surface area contributed by atoms with Crippen molar-refractivity contribution >= 4 is 23.3 Å². The Bertz CT molecular complexity index is 909. The summed E-state index contributed by atoms with van der Waals surface area (Å²) in [6.07, 6.45) is 14.1. The first-order valence-electron chi connectivity index (χ1n) is 14.4. The van der Waals surface area contributed by atoms with Crippen molar-refractivity contribution in [2.75, 3.05) is 12.0 Å². The molecule has 1 saturated heterocycles. The lowest BCUT2D eigenvalue weighted by Crippen LogP contribution is -2.58. The maximum absolute atomic E-state index is 14.0. The number of allylic oxidation sites excluding steroid dienone is 3. The molecule has 0 aromatic carbocycles. The predicted molar refractivity (Wildman–Crippen MR) is 149 cm³/mol. The third kappa shape index (κ3) is 5.05. The predicted octanol–water partition coefficient (Wildman–Crippen LogP) is 6.28. The van der Waals surface area contributed by atoms with E-state index in [1.807, 2.05) is 12.3 Å². The molecule has 0 bridgehead atoms. The van der Waals surface area contributed by atoms with Crippen LogP contribution >= 0.6 is 11.8 Å².